The Morgan fingerprint density at radius 1 is 1.29 bits per heavy atom. The molecule has 2 rings (SSSR count). The van der Waals surface area contributed by atoms with Crippen LogP contribution in [0.15, 0.2) is 18.2 Å². The SMILES string of the molecule is NC(=S)c1ccc2c(c1)OC(F)(F)O2. The number of halogens is 2. The van der Waals surface area contributed by atoms with Crippen LogP contribution >= 0.6 is 12.2 Å². The first-order valence-corrected chi connectivity index (χ1v) is 4.08. The molecule has 0 amide bonds. The van der Waals surface area contributed by atoms with Crippen molar-refractivity contribution in [2.45, 2.75) is 6.29 Å². The average Bonchev–Trinajstić information content (AvgIpc) is 2.36. The van der Waals surface area contributed by atoms with E-state index in [0.717, 1.165) is 0 Å². The minimum Gasteiger partial charge on any atom is -0.395 e. The van der Waals surface area contributed by atoms with Crippen LogP contribution in [0.25, 0.3) is 0 Å². The molecule has 0 radical (unpaired) electrons. The molecule has 3 nitrogen and oxygen atoms in total. The minimum atomic E-state index is -3.60. The number of alkyl halides is 2. The monoisotopic (exact) mass is 217 g/mol. The summed E-state index contributed by atoms with van der Waals surface area (Å²) < 4.78 is 33.5. The molecule has 1 heterocycles. The zero-order chi connectivity index (χ0) is 10.3. The molecule has 0 atom stereocenters. The van der Waals surface area contributed by atoms with Crippen molar-refractivity contribution in [3.63, 3.8) is 0 Å². The summed E-state index contributed by atoms with van der Waals surface area (Å²) in [5, 5.41) is 0. The van der Waals surface area contributed by atoms with Crippen molar-refractivity contribution in [3.05, 3.63) is 23.8 Å². The highest BCUT2D eigenvalue weighted by atomic mass is 32.1. The second kappa shape index (κ2) is 2.78. The predicted octanol–water partition coefficient (Wildman–Crippen LogP) is 1.64. The van der Waals surface area contributed by atoms with E-state index < -0.39 is 6.29 Å². The lowest BCUT2D eigenvalue weighted by Crippen LogP contribution is -2.25. The van der Waals surface area contributed by atoms with Gasteiger partial charge in [-0.25, -0.2) is 0 Å². The summed E-state index contributed by atoms with van der Waals surface area (Å²) in [4.78, 5) is 0.117. The van der Waals surface area contributed by atoms with Gasteiger partial charge in [0, 0.05) is 5.56 Å². The summed E-state index contributed by atoms with van der Waals surface area (Å²) in [6, 6.07) is 4.15. The number of benzene rings is 1. The highest BCUT2D eigenvalue weighted by molar-refractivity contribution is 7.80. The van der Waals surface area contributed by atoms with Gasteiger partial charge >= 0.3 is 6.29 Å². The molecule has 2 N–H and O–H groups in total. The maximum Gasteiger partial charge on any atom is 0.586 e. The van der Waals surface area contributed by atoms with Gasteiger partial charge in [0.1, 0.15) is 4.99 Å². The topological polar surface area (TPSA) is 44.5 Å². The van der Waals surface area contributed by atoms with Crippen molar-refractivity contribution in [3.8, 4) is 11.5 Å². The molecule has 1 aliphatic rings. The summed E-state index contributed by atoms with van der Waals surface area (Å²) in [5.41, 5.74) is 5.78. The normalized spacial score (nSPS) is 16.7. The Morgan fingerprint density at radius 2 is 1.93 bits per heavy atom. The van der Waals surface area contributed by atoms with Crippen molar-refractivity contribution < 1.29 is 18.3 Å². The molecule has 0 spiro atoms. The Balaban J connectivity index is 2.40. The van der Waals surface area contributed by atoms with E-state index in [0.29, 0.717) is 5.56 Å². The Morgan fingerprint density at radius 3 is 2.57 bits per heavy atom. The minimum absolute atomic E-state index is 0.0185. The van der Waals surface area contributed by atoms with Crippen LogP contribution in [0, 0.1) is 0 Å². The number of thiocarbonyl (C=S) groups is 1. The zero-order valence-corrected chi connectivity index (χ0v) is 7.61. The van der Waals surface area contributed by atoms with Gasteiger partial charge in [0.25, 0.3) is 0 Å². The van der Waals surface area contributed by atoms with Crippen molar-refractivity contribution >= 4 is 17.2 Å². The molecule has 0 fully saturated rings. The fraction of sp³-hybridized carbons (Fsp3) is 0.125. The van der Waals surface area contributed by atoms with Crippen LogP contribution in [0.2, 0.25) is 0 Å². The largest absolute Gasteiger partial charge is 0.586 e. The molecule has 1 aromatic carbocycles. The fourth-order valence-corrected chi connectivity index (χ4v) is 1.23. The van der Waals surface area contributed by atoms with Crippen LogP contribution in [0.3, 0.4) is 0 Å². The highest BCUT2D eigenvalue weighted by Crippen LogP contribution is 2.41. The molecule has 0 unspecified atom stereocenters. The fourth-order valence-electron chi connectivity index (χ4n) is 1.10. The lowest BCUT2D eigenvalue weighted by atomic mass is 10.2. The number of rotatable bonds is 1. The van der Waals surface area contributed by atoms with Crippen LogP contribution < -0.4 is 15.2 Å². The summed E-state index contributed by atoms with van der Waals surface area (Å²) >= 11 is 4.68. The molecule has 0 bridgehead atoms. The van der Waals surface area contributed by atoms with E-state index in [1.165, 1.54) is 18.2 Å². The number of nitrogens with two attached hydrogens (primary N) is 1. The van der Waals surface area contributed by atoms with Gasteiger partial charge in [-0.3, -0.25) is 0 Å². The summed E-state index contributed by atoms with van der Waals surface area (Å²) in [5.74, 6) is -0.0738. The van der Waals surface area contributed by atoms with E-state index in [-0.39, 0.29) is 16.5 Å². The first kappa shape index (κ1) is 9.14. The lowest BCUT2D eigenvalue weighted by molar-refractivity contribution is -0.286. The van der Waals surface area contributed by atoms with Crippen molar-refractivity contribution in [2.24, 2.45) is 5.73 Å². The number of fused-ring (bicyclic) bond motifs is 1. The molecule has 1 aromatic rings. The van der Waals surface area contributed by atoms with Crippen molar-refractivity contribution in [1.82, 2.24) is 0 Å². The van der Waals surface area contributed by atoms with E-state index in [1.807, 2.05) is 0 Å². The molecule has 0 aliphatic carbocycles. The molecule has 74 valence electrons. The molecule has 0 aromatic heterocycles. The molecule has 6 heteroatoms. The Bertz CT molecular complexity index is 408. The third-order valence-electron chi connectivity index (χ3n) is 1.69. The maximum absolute atomic E-state index is 12.6. The van der Waals surface area contributed by atoms with Gasteiger partial charge in [0.15, 0.2) is 11.5 Å². The number of ether oxygens (including phenoxy) is 2. The van der Waals surface area contributed by atoms with Crippen LogP contribution in [0.1, 0.15) is 5.56 Å². The third kappa shape index (κ3) is 1.48. The Kier molecular flexibility index (Phi) is 1.81. The van der Waals surface area contributed by atoms with Gasteiger partial charge in [0.05, 0.1) is 0 Å². The smallest absolute Gasteiger partial charge is 0.395 e. The lowest BCUT2D eigenvalue weighted by Gasteiger charge is -2.04. The zero-order valence-electron chi connectivity index (χ0n) is 6.79. The first-order chi connectivity index (χ1) is 6.48. The number of hydrogen-bond donors (Lipinski definition) is 1. The van der Waals surface area contributed by atoms with Crippen LogP contribution in [-0.2, 0) is 0 Å². The van der Waals surface area contributed by atoms with E-state index >= 15 is 0 Å². The summed E-state index contributed by atoms with van der Waals surface area (Å²) in [7, 11) is 0. The molecular weight excluding hydrogens is 212 g/mol. The van der Waals surface area contributed by atoms with E-state index in [4.69, 9.17) is 5.73 Å². The average molecular weight is 217 g/mol. The van der Waals surface area contributed by atoms with Gasteiger partial charge in [-0.2, -0.15) is 0 Å². The van der Waals surface area contributed by atoms with E-state index in [1.54, 1.807) is 0 Å². The Hall–Kier alpha value is -1.43. The van der Waals surface area contributed by atoms with E-state index in [9.17, 15) is 8.78 Å². The quantitative estimate of drug-likeness (QED) is 0.726. The van der Waals surface area contributed by atoms with E-state index in [2.05, 4.69) is 21.7 Å². The van der Waals surface area contributed by atoms with Crippen molar-refractivity contribution in [2.75, 3.05) is 0 Å². The highest BCUT2D eigenvalue weighted by Gasteiger charge is 2.43. The van der Waals surface area contributed by atoms with Crippen LogP contribution in [0.5, 0.6) is 11.5 Å². The second-order valence-corrected chi connectivity index (χ2v) is 3.13. The maximum atomic E-state index is 12.6. The third-order valence-corrected chi connectivity index (χ3v) is 1.92. The summed E-state index contributed by atoms with van der Waals surface area (Å²) in [6.07, 6.45) is -3.60. The molecular formula is C8H5F2NO2S. The summed E-state index contributed by atoms with van der Waals surface area (Å²) in [6.45, 7) is 0. The van der Waals surface area contributed by atoms with Crippen molar-refractivity contribution in [1.29, 1.82) is 0 Å². The number of hydrogen-bond acceptors (Lipinski definition) is 3. The van der Waals surface area contributed by atoms with Gasteiger partial charge < -0.3 is 15.2 Å². The van der Waals surface area contributed by atoms with Gasteiger partial charge in [0.2, 0.25) is 0 Å². The Labute approximate surface area is 83.4 Å². The van der Waals surface area contributed by atoms with Gasteiger partial charge in [-0.15, -0.1) is 8.78 Å². The molecule has 14 heavy (non-hydrogen) atoms. The first-order valence-electron chi connectivity index (χ1n) is 3.68. The molecule has 0 saturated heterocycles. The van der Waals surface area contributed by atoms with Crippen LogP contribution in [-0.4, -0.2) is 11.3 Å². The standard InChI is InChI=1S/C8H5F2NO2S/c9-8(10)12-5-2-1-4(7(11)14)3-6(5)13-8/h1-3H,(H2,11,14). The molecule has 0 saturated carbocycles. The molecule has 1 aliphatic heterocycles. The van der Waals surface area contributed by atoms with Crippen LogP contribution in [0.4, 0.5) is 8.78 Å². The predicted molar refractivity (Wildman–Crippen MR) is 48.5 cm³/mol. The van der Waals surface area contributed by atoms with Gasteiger partial charge in [-0.1, -0.05) is 12.2 Å². The second-order valence-electron chi connectivity index (χ2n) is 2.69. The van der Waals surface area contributed by atoms with Gasteiger partial charge in [-0.05, 0) is 18.2 Å².